The third-order valence-corrected chi connectivity index (χ3v) is 7.17. The first kappa shape index (κ1) is 23.4. The van der Waals surface area contributed by atoms with Crippen LogP contribution in [-0.4, -0.2) is 59.3 Å². The number of hydrogen-bond acceptors (Lipinski definition) is 6. The maximum atomic E-state index is 13.1. The summed E-state index contributed by atoms with van der Waals surface area (Å²) in [5.41, 5.74) is 0.549. The van der Waals surface area contributed by atoms with Gasteiger partial charge >= 0.3 is 6.18 Å². The van der Waals surface area contributed by atoms with Crippen LogP contribution in [-0.2, 0) is 11.0 Å². The number of amides is 2. The number of aryl methyl sites for hydroxylation is 1. The van der Waals surface area contributed by atoms with Crippen molar-refractivity contribution >= 4 is 40.2 Å². The van der Waals surface area contributed by atoms with Gasteiger partial charge in [0.25, 0.3) is 5.91 Å². The second kappa shape index (κ2) is 9.62. The number of thiazole rings is 1. The molecule has 6 nitrogen and oxygen atoms in total. The van der Waals surface area contributed by atoms with E-state index >= 15 is 0 Å². The van der Waals surface area contributed by atoms with Gasteiger partial charge in [-0.1, -0.05) is 12.1 Å². The maximum Gasteiger partial charge on any atom is 0.418 e. The number of aromatic nitrogens is 1. The highest BCUT2D eigenvalue weighted by Gasteiger charge is 2.34. The lowest BCUT2D eigenvalue weighted by Gasteiger charge is -2.34. The Hall–Kier alpha value is -2.76. The Morgan fingerprint density at radius 1 is 1.12 bits per heavy atom. The molecule has 33 heavy (non-hydrogen) atoms. The fourth-order valence-electron chi connectivity index (χ4n) is 3.59. The van der Waals surface area contributed by atoms with Crippen LogP contribution in [0.4, 0.5) is 18.9 Å². The van der Waals surface area contributed by atoms with Crippen LogP contribution in [0.3, 0.4) is 0 Å². The van der Waals surface area contributed by atoms with E-state index in [9.17, 15) is 22.8 Å². The van der Waals surface area contributed by atoms with Gasteiger partial charge in [-0.25, -0.2) is 4.98 Å². The van der Waals surface area contributed by atoms with Crippen molar-refractivity contribution in [2.45, 2.75) is 13.1 Å². The summed E-state index contributed by atoms with van der Waals surface area (Å²) >= 11 is 2.94. The molecule has 1 aliphatic heterocycles. The second-order valence-electron chi connectivity index (χ2n) is 7.61. The van der Waals surface area contributed by atoms with Crippen molar-refractivity contribution in [3.8, 4) is 10.6 Å². The predicted octanol–water partition coefficient (Wildman–Crippen LogP) is 4.60. The van der Waals surface area contributed by atoms with Crippen LogP contribution in [0.2, 0.25) is 0 Å². The number of piperazine rings is 1. The molecule has 0 aliphatic carbocycles. The van der Waals surface area contributed by atoms with Crippen molar-refractivity contribution in [3.63, 3.8) is 0 Å². The Morgan fingerprint density at radius 2 is 1.85 bits per heavy atom. The Labute approximate surface area is 196 Å². The topological polar surface area (TPSA) is 65.5 Å². The number of benzene rings is 1. The summed E-state index contributed by atoms with van der Waals surface area (Å²) in [5, 5.41) is 7.12. The zero-order chi connectivity index (χ0) is 23.6. The average molecular weight is 495 g/mol. The number of para-hydroxylation sites is 1. The lowest BCUT2D eigenvalue weighted by molar-refractivity contribution is -0.137. The van der Waals surface area contributed by atoms with Crippen LogP contribution in [0.25, 0.3) is 10.6 Å². The Balaban J connectivity index is 1.32. The van der Waals surface area contributed by atoms with Gasteiger partial charge in [-0.3, -0.25) is 14.5 Å². The van der Waals surface area contributed by atoms with Crippen LogP contribution < -0.4 is 5.32 Å². The molecule has 0 bridgehead atoms. The van der Waals surface area contributed by atoms with E-state index in [0.29, 0.717) is 36.8 Å². The monoisotopic (exact) mass is 494 g/mol. The lowest BCUT2D eigenvalue weighted by Crippen LogP contribution is -2.50. The number of carbonyl (C=O) groups excluding carboxylic acids is 2. The van der Waals surface area contributed by atoms with E-state index in [1.165, 1.54) is 29.5 Å². The molecule has 1 aliphatic rings. The minimum Gasteiger partial charge on any atom is -0.335 e. The summed E-state index contributed by atoms with van der Waals surface area (Å²) < 4.78 is 39.4. The molecule has 3 heterocycles. The van der Waals surface area contributed by atoms with Crippen molar-refractivity contribution < 1.29 is 22.8 Å². The molecule has 0 saturated carbocycles. The molecule has 0 spiro atoms. The van der Waals surface area contributed by atoms with Crippen molar-refractivity contribution in [1.82, 2.24) is 14.8 Å². The summed E-state index contributed by atoms with van der Waals surface area (Å²) in [6, 6.07) is 6.86. The van der Waals surface area contributed by atoms with Gasteiger partial charge in [-0.05, 0) is 30.5 Å². The summed E-state index contributed by atoms with van der Waals surface area (Å²) in [6.45, 7) is 3.53. The standard InChI is InChI=1S/C22H21F3N4O2S2/c1-14-19(33-20(26-14)15-6-11-32-13-15)21(31)29-9-7-28(8-10-29)12-18(30)27-17-5-3-2-4-16(17)22(23,24)25/h2-6,11,13H,7-10,12H2,1H3,(H,27,30). The molecular formula is C22H21F3N4O2S2. The molecule has 0 unspecified atom stereocenters. The normalized spacial score (nSPS) is 15.0. The Kier molecular flexibility index (Phi) is 6.82. The van der Waals surface area contributed by atoms with Gasteiger partial charge in [0, 0.05) is 37.1 Å². The van der Waals surface area contributed by atoms with E-state index in [1.54, 1.807) is 16.2 Å². The average Bonchev–Trinajstić information content (AvgIpc) is 3.43. The number of halogens is 3. The molecule has 2 aromatic heterocycles. The molecule has 1 aromatic carbocycles. The zero-order valence-electron chi connectivity index (χ0n) is 17.7. The van der Waals surface area contributed by atoms with E-state index in [4.69, 9.17) is 0 Å². The van der Waals surface area contributed by atoms with Crippen molar-refractivity contribution in [2.24, 2.45) is 0 Å². The molecule has 0 atom stereocenters. The fourth-order valence-corrected chi connectivity index (χ4v) is 5.33. The molecular weight excluding hydrogens is 473 g/mol. The van der Waals surface area contributed by atoms with E-state index in [2.05, 4.69) is 10.3 Å². The number of thiophene rings is 1. The summed E-state index contributed by atoms with van der Waals surface area (Å²) in [6.07, 6.45) is -4.55. The molecule has 1 saturated heterocycles. The molecule has 11 heteroatoms. The minimum atomic E-state index is -4.55. The maximum absolute atomic E-state index is 13.1. The number of alkyl halides is 3. The van der Waals surface area contributed by atoms with E-state index in [0.717, 1.165) is 16.6 Å². The van der Waals surface area contributed by atoms with E-state index in [-0.39, 0.29) is 18.1 Å². The SMILES string of the molecule is Cc1nc(-c2ccsc2)sc1C(=O)N1CCN(CC(=O)Nc2ccccc2C(F)(F)F)CC1. The summed E-state index contributed by atoms with van der Waals surface area (Å²) in [4.78, 5) is 34.0. The van der Waals surface area contributed by atoms with Crippen molar-refractivity contribution in [2.75, 3.05) is 38.0 Å². The Bertz CT molecular complexity index is 1140. The first-order chi connectivity index (χ1) is 15.7. The number of nitrogens with zero attached hydrogens (tertiary/aromatic N) is 3. The third kappa shape index (κ3) is 5.43. The minimum absolute atomic E-state index is 0.0455. The van der Waals surface area contributed by atoms with Gasteiger partial charge in [0.1, 0.15) is 9.88 Å². The zero-order valence-corrected chi connectivity index (χ0v) is 19.3. The van der Waals surface area contributed by atoms with Crippen molar-refractivity contribution in [1.29, 1.82) is 0 Å². The van der Waals surface area contributed by atoms with Gasteiger partial charge < -0.3 is 10.2 Å². The Morgan fingerprint density at radius 3 is 2.52 bits per heavy atom. The number of hydrogen-bond donors (Lipinski definition) is 1. The first-order valence-corrected chi connectivity index (χ1v) is 12.0. The highest BCUT2D eigenvalue weighted by Crippen LogP contribution is 2.34. The van der Waals surface area contributed by atoms with E-state index in [1.807, 2.05) is 28.7 Å². The largest absolute Gasteiger partial charge is 0.418 e. The first-order valence-electron chi connectivity index (χ1n) is 10.2. The van der Waals surface area contributed by atoms with Gasteiger partial charge in [-0.2, -0.15) is 24.5 Å². The molecule has 174 valence electrons. The third-order valence-electron chi connectivity index (χ3n) is 5.29. The fraction of sp³-hybridized carbons (Fsp3) is 0.318. The van der Waals surface area contributed by atoms with E-state index < -0.39 is 17.6 Å². The van der Waals surface area contributed by atoms with Gasteiger partial charge in [0.05, 0.1) is 23.5 Å². The number of rotatable bonds is 5. The molecule has 1 N–H and O–H groups in total. The molecule has 0 radical (unpaired) electrons. The highest BCUT2D eigenvalue weighted by molar-refractivity contribution is 7.17. The number of carbonyl (C=O) groups is 2. The smallest absolute Gasteiger partial charge is 0.335 e. The summed E-state index contributed by atoms with van der Waals surface area (Å²) in [7, 11) is 0. The van der Waals surface area contributed by atoms with Gasteiger partial charge in [0.2, 0.25) is 5.91 Å². The van der Waals surface area contributed by atoms with Gasteiger partial charge in [-0.15, -0.1) is 11.3 Å². The van der Waals surface area contributed by atoms with Crippen LogP contribution in [0, 0.1) is 6.92 Å². The number of nitrogens with one attached hydrogen (secondary N) is 1. The van der Waals surface area contributed by atoms with Crippen LogP contribution in [0.1, 0.15) is 20.9 Å². The van der Waals surface area contributed by atoms with Crippen LogP contribution in [0.5, 0.6) is 0 Å². The lowest BCUT2D eigenvalue weighted by atomic mass is 10.1. The highest BCUT2D eigenvalue weighted by atomic mass is 32.1. The summed E-state index contributed by atoms with van der Waals surface area (Å²) in [5.74, 6) is -0.611. The second-order valence-corrected chi connectivity index (χ2v) is 9.38. The molecule has 1 fully saturated rings. The van der Waals surface area contributed by atoms with Crippen molar-refractivity contribution in [3.05, 3.63) is 57.2 Å². The molecule has 2 amide bonds. The van der Waals surface area contributed by atoms with Crippen LogP contribution in [0.15, 0.2) is 41.1 Å². The quantitative estimate of drug-likeness (QED) is 0.563. The van der Waals surface area contributed by atoms with Gasteiger partial charge in [0.15, 0.2) is 0 Å². The molecule has 4 rings (SSSR count). The van der Waals surface area contributed by atoms with Crippen LogP contribution >= 0.6 is 22.7 Å². The number of anilines is 1. The predicted molar refractivity (Wildman–Crippen MR) is 123 cm³/mol. The molecule has 3 aromatic rings.